The number of hydrogen-bond donors (Lipinski definition) is 2. The average Bonchev–Trinajstić information content (AvgIpc) is 2.90. The SMILES string of the molecule is CC(C)c1ccccc1OP(=O)(O)O.CCc1cc(C)ccc1OP(=O)(Oc1ccccc1)Oc1ccccc1. The first-order valence-electron chi connectivity index (χ1n) is 12.7. The number of hydrogen-bond acceptors (Lipinski definition) is 6. The zero-order chi connectivity index (χ0) is 29.2. The molecule has 0 aromatic heterocycles. The molecule has 0 saturated carbocycles. The highest BCUT2D eigenvalue weighted by Gasteiger charge is 2.33. The normalized spacial score (nSPS) is 11.3. The molecule has 10 heteroatoms. The fourth-order valence-corrected chi connectivity index (χ4v) is 5.35. The van der Waals surface area contributed by atoms with Gasteiger partial charge in [0.05, 0.1) is 0 Å². The van der Waals surface area contributed by atoms with E-state index < -0.39 is 15.6 Å². The molecule has 0 aliphatic heterocycles. The molecule has 0 saturated heterocycles. The highest BCUT2D eigenvalue weighted by molar-refractivity contribution is 7.49. The summed E-state index contributed by atoms with van der Waals surface area (Å²) in [5.74, 6) is 1.73. The lowest BCUT2D eigenvalue weighted by atomic mass is 10.0. The van der Waals surface area contributed by atoms with Crippen LogP contribution in [0.1, 0.15) is 43.4 Å². The topological polar surface area (TPSA) is 112 Å². The summed E-state index contributed by atoms with van der Waals surface area (Å²) in [6.45, 7) is 7.88. The third kappa shape index (κ3) is 9.89. The zero-order valence-corrected chi connectivity index (χ0v) is 24.6. The summed E-state index contributed by atoms with van der Waals surface area (Å²) in [6.07, 6.45) is 0.744. The summed E-state index contributed by atoms with van der Waals surface area (Å²) >= 11 is 0. The molecule has 0 spiro atoms. The van der Waals surface area contributed by atoms with Crippen molar-refractivity contribution in [1.82, 2.24) is 0 Å². The molecule has 0 atom stereocenters. The molecule has 40 heavy (non-hydrogen) atoms. The van der Waals surface area contributed by atoms with Crippen LogP contribution in [0.3, 0.4) is 0 Å². The standard InChI is InChI=1S/C21H21O4P.C9H13O4P/c1-3-18-16-17(2)14-15-21(18)25-26(22,23-19-10-6-4-7-11-19)24-20-12-8-5-9-13-20;1-7(2)8-5-3-4-6-9(8)13-14(10,11)12/h4-16H,3H2,1-2H3;3-7H,1-2H3,(H2,10,11,12). The summed E-state index contributed by atoms with van der Waals surface area (Å²) < 4.78 is 45.7. The monoisotopic (exact) mass is 584 g/mol. The molecule has 212 valence electrons. The number of aryl methyl sites for hydroxylation is 2. The first-order chi connectivity index (χ1) is 19.0. The van der Waals surface area contributed by atoms with Crippen molar-refractivity contribution in [3.8, 4) is 23.0 Å². The average molecular weight is 585 g/mol. The van der Waals surface area contributed by atoms with Crippen molar-refractivity contribution >= 4 is 15.6 Å². The number of para-hydroxylation sites is 3. The minimum atomic E-state index is -4.45. The van der Waals surface area contributed by atoms with Crippen LogP contribution in [0.25, 0.3) is 0 Å². The van der Waals surface area contributed by atoms with Crippen molar-refractivity contribution in [3.05, 3.63) is 120 Å². The van der Waals surface area contributed by atoms with Gasteiger partial charge in [-0.1, -0.05) is 93.1 Å². The van der Waals surface area contributed by atoms with E-state index in [9.17, 15) is 9.13 Å². The Labute approximate surface area is 235 Å². The van der Waals surface area contributed by atoms with Crippen LogP contribution in [0.2, 0.25) is 0 Å². The molecular weight excluding hydrogens is 550 g/mol. The van der Waals surface area contributed by atoms with Crippen molar-refractivity contribution < 1.29 is 37.0 Å². The summed E-state index contributed by atoms with van der Waals surface area (Å²) in [4.78, 5) is 17.3. The molecule has 0 unspecified atom stereocenters. The largest absolute Gasteiger partial charge is 0.647 e. The molecule has 4 aromatic rings. The quantitative estimate of drug-likeness (QED) is 0.179. The second-order valence-electron chi connectivity index (χ2n) is 9.09. The van der Waals surface area contributed by atoms with E-state index >= 15 is 0 Å². The third-order valence-electron chi connectivity index (χ3n) is 5.49. The van der Waals surface area contributed by atoms with E-state index in [-0.39, 0.29) is 11.7 Å². The van der Waals surface area contributed by atoms with Crippen LogP contribution in [-0.2, 0) is 15.6 Å². The van der Waals surface area contributed by atoms with Crippen LogP contribution in [0.4, 0.5) is 0 Å². The lowest BCUT2D eigenvalue weighted by Gasteiger charge is -2.20. The van der Waals surface area contributed by atoms with Crippen LogP contribution < -0.4 is 18.1 Å². The van der Waals surface area contributed by atoms with Gasteiger partial charge in [0.2, 0.25) is 0 Å². The predicted molar refractivity (Wildman–Crippen MR) is 156 cm³/mol. The van der Waals surface area contributed by atoms with Gasteiger partial charge >= 0.3 is 15.6 Å². The minimum Gasteiger partial charge on any atom is -0.404 e. The first kappa shape index (κ1) is 31.0. The van der Waals surface area contributed by atoms with E-state index in [1.54, 1.807) is 72.8 Å². The number of phosphoric acid groups is 2. The smallest absolute Gasteiger partial charge is 0.404 e. The Morgan fingerprint density at radius 2 is 1.20 bits per heavy atom. The maximum absolute atomic E-state index is 13.4. The van der Waals surface area contributed by atoms with Crippen molar-refractivity contribution in [2.45, 2.75) is 40.0 Å². The summed E-state index contributed by atoms with van der Waals surface area (Å²) in [7, 11) is -8.39. The maximum Gasteiger partial charge on any atom is 0.647 e. The lowest BCUT2D eigenvalue weighted by molar-refractivity contribution is 0.281. The Morgan fingerprint density at radius 1 is 0.675 bits per heavy atom. The molecule has 0 radical (unpaired) electrons. The van der Waals surface area contributed by atoms with Gasteiger partial charge in [-0.15, -0.1) is 0 Å². The Hall–Kier alpha value is -3.54. The molecule has 4 aromatic carbocycles. The molecule has 0 aliphatic carbocycles. The van der Waals surface area contributed by atoms with Crippen LogP contribution in [0.5, 0.6) is 23.0 Å². The summed E-state index contributed by atoms with van der Waals surface area (Å²) in [5.41, 5.74) is 2.84. The van der Waals surface area contributed by atoms with Crippen LogP contribution >= 0.6 is 15.6 Å². The van der Waals surface area contributed by atoms with Crippen LogP contribution in [0.15, 0.2) is 103 Å². The van der Waals surface area contributed by atoms with Gasteiger partial charge in [-0.25, -0.2) is 4.57 Å². The van der Waals surface area contributed by atoms with Gasteiger partial charge in [-0.3, -0.25) is 9.79 Å². The number of phosphoric ester groups is 2. The highest BCUT2D eigenvalue weighted by Crippen LogP contribution is 2.50. The second-order valence-corrected chi connectivity index (χ2v) is 11.7. The molecule has 0 aliphatic rings. The molecular formula is C30H34O8P2. The molecule has 4 rings (SSSR count). The number of rotatable bonds is 10. The third-order valence-corrected chi connectivity index (χ3v) is 7.21. The Morgan fingerprint density at radius 3 is 1.70 bits per heavy atom. The second kappa shape index (κ2) is 14.2. The van der Waals surface area contributed by atoms with Crippen LogP contribution in [0, 0.1) is 6.92 Å². The first-order valence-corrected chi connectivity index (χ1v) is 15.7. The van der Waals surface area contributed by atoms with Gasteiger partial charge in [0.1, 0.15) is 23.0 Å². The Balaban J connectivity index is 0.000000267. The molecule has 2 N–H and O–H groups in total. The van der Waals surface area contributed by atoms with Crippen molar-refractivity contribution in [2.75, 3.05) is 0 Å². The van der Waals surface area contributed by atoms with E-state index in [1.807, 2.05) is 58.0 Å². The Bertz CT molecular complexity index is 1410. The van der Waals surface area contributed by atoms with Gasteiger partial charge < -0.3 is 18.1 Å². The molecule has 0 fully saturated rings. The van der Waals surface area contributed by atoms with Gasteiger partial charge in [-0.05, 0) is 66.8 Å². The van der Waals surface area contributed by atoms with E-state index in [1.165, 1.54) is 0 Å². The molecule has 0 bridgehead atoms. The predicted octanol–water partition coefficient (Wildman–Crippen LogP) is 8.48. The highest BCUT2D eigenvalue weighted by atomic mass is 31.2. The van der Waals surface area contributed by atoms with Crippen molar-refractivity contribution in [3.63, 3.8) is 0 Å². The Kier molecular flexibility index (Phi) is 11.0. The van der Waals surface area contributed by atoms with Crippen molar-refractivity contribution in [2.24, 2.45) is 0 Å². The minimum absolute atomic E-state index is 0.165. The molecule has 8 nitrogen and oxygen atoms in total. The van der Waals surface area contributed by atoms with E-state index in [0.29, 0.717) is 17.2 Å². The fourth-order valence-electron chi connectivity index (χ4n) is 3.64. The van der Waals surface area contributed by atoms with E-state index in [0.717, 1.165) is 23.1 Å². The van der Waals surface area contributed by atoms with E-state index in [4.69, 9.17) is 23.4 Å². The van der Waals surface area contributed by atoms with Gasteiger partial charge in [0.25, 0.3) is 0 Å². The van der Waals surface area contributed by atoms with Crippen LogP contribution in [-0.4, -0.2) is 9.79 Å². The molecule has 0 amide bonds. The van der Waals surface area contributed by atoms with Crippen molar-refractivity contribution in [1.29, 1.82) is 0 Å². The maximum atomic E-state index is 13.4. The van der Waals surface area contributed by atoms with Gasteiger partial charge in [-0.2, -0.15) is 4.57 Å². The van der Waals surface area contributed by atoms with Gasteiger partial charge in [0.15, 0.2) is 0 Å². The fraction of sp³-hybridized carbons (Fsp3) is 0.200. The summed E-state index contributed by atoms with van der Waals surface area (Å²) in [6, 6.07) is 30.3. The van der Waals surface area contributed by atoms with E-state index in [2.05, 4.69) is 4.52 Å². The van der Waals surface area contributed by atoms with Gasteiger partial charge in [0, 0.05) is 0 Å². The zero-order valence-electron chi connectivity index (χ0n) is 22.8. The molecule has 0 heterocycles. The number of benzene rings is 4. The summed E-state index contributed by atoms with van der Waals surface area (Å²) in [5, 5.41) is 0. The lowest BCUT2D eigenvalue weighted by Crippen LogP contribution is -2.08.